The summed E-state index contributed by atoms with van der Waals surface area (Å²) in [4.78, 5) is 4.53. The minimum absolute atomic E-state index is 0.444. The molecule has 1 aliphatic heterocycles. The van der Waals surface area contributed by atoms with Gasteiger partial charge in [-0.2, -0.15) is 0 Å². The van der Waals surface area contributed by atoms with Crippen molar-refractivity contribution >= 4 is 0 Å². The van der Waals surface area contributed by atoms with Gasteiger partial charge < -0.3 is 4.74 Å². The van der Waals surface area contributed by atoms with E-state index in [1.165, 1.54) is 17.2 Å². The fraction of sp³-hybridized carbons (Fsp3) is 0.500. The van der Waals surface area contributed by atoms with Crippen LogP contribution in [0.2, 0.25) is 0 Å². The first-order valence-electron chi connectivity index (χ1n) is 10.4. The van der Waals surface area contributed by atoms with Crippen LogP contribution >= 0.6 is 0 Å². The number of rotatable bonds is 9. The van der Waals surface area contributed by atoms with Crippen LogP contribution in [0.4, 0.5) is 8.78 Å². The summed E-state index contributed by atoms with van der Waals surface area (Å²) in [6.07, 6.45) is 3.33. The number of halogens is 2. The largest absolute Gasteiger partial charge is 0.383 e. The third kappa shape index (κ3) is 6.88. The highest BCUT2D eigenvalue weighted by molar-refractivity contribution is 5.23. The van der Waals surface area contributed by atoms with Gasteiger partial charge in [0.2, 0.25) is 0 Å². The molecule has 0 N–H and O–H groups in total. The zero-order valence-electron chi connectivity index (χ0n) is 17.5. The normalized spacial score (nSPS) is 15.9. The molecule has 2 aromatic rings. The minimum Gasteiger partial charge on any atom is -0.383 e. The average molecular weight is 403 g/mol. The lowest BCUT2D eigenvalue weighted by Gasteiger charge is -2.32. The standard InChI is InChI=1S/C24H32F2N2O/c1-27(13-14-29-2)17-21-5-3-19(4-6-21)15-20-9-11-28(12-10-20)18-22-7-8-23(25)16-24(22)26/h3-8,16,20H,9-15,17-18H2,1-2H3. The Morgan fingerprint density at radius 3 is 2.38 bits per heavy atom. The van der Waals surface area contributed by atoms with E-state index >= 15 is 0 Å². The van der Waals surface area contributed by atoms with E-state index in [0.29, 0.717) is 18.0 Å². The van der Waals surface area contributed by atoms with Gasteiger partial charge in [-0.05, 0) is 62.5 Å². The molecule has 1 saturated heterocycles. The highest BCUT2D eigenvalue weighted by atomic mass is 19.1. The monoisotopic (exact) mass is 402 g/mol. The maximum Gasteiger partial charge on any atom is 0.130 e. The van der Waals surface area contributed by atoms with Gasteiger partial charge in [-0.25, -0.2) is 8.78 Å². The molecule has 0 radical (unpaired) electrons. The number of hydrogen-bond donors (Lipinski definition) is 0. The third-order valence-corrected chi connectivity index (χ3v) is 5.79. The summed E-state index contributed by atoms with van der Waals surface area (Å²) in [5, 5.41) is 0. The Morgan fingerprint density at radius 1 is 1.03 bits per heavy atom. The molecule has 3 rings (SSSR count). The van der Waals surface area contributed by atoms with Gasteiger partial charge >= 0.3 is 0 Å². The third-order valence-electron chi connectivity index (χ3n) is 5.79. The Bertz CT molecular complexity index is 758. The van der Waals surface area contributed by atoms with Crippen LogP contribution in [0.15, 0.2) is 42.5 Å². The van der Waals surface area contributed by atoms with Crippen molar-refractivity contribution in [3.05, 3.63) is 70.8 Å². The average Bonchev–Trinajstić information content (AvgIpc) is 2.71. The Balaban J connectivity index is 1.43. The topological polar surface area (TPSA) is 15.7 Å². The van der Waals surface area contributed by atoms with E-state index in [9.17, 15) is 8.78 Å². The number of nitrogens with zero attached hydrogens (tertiary/aromatic N) is 2. The zero-order valence-corrected chi connectivity index (χ0v) is 17.5. The predicted molar refractivity (Wildman–Crippen MR) is 113 cm³/mol. The molecule has 1 heterocycles. The first-order chi connectivity index (χ1) is 14.0. The Kier molecular flexibility index (Phi) is 8.16. The molecule has 158 valence electrons. The van der Waals surface area contributed by atoms with Gasteiger partial charge in [0, 0.05) is 38.4 Å². The summed E-state index contributed by atoms with van der Waals surface area (Å²) in [6.45, 7) is 5.10. The number of piperidine rings is 1. The van der Waals surface area contributed by atoms with Gasteiger partial charge in [0.15, 0.2) is 0 Å². The quantitative estimate of drug-likeness (QED) is 0.614. The molecule has 0 bridgehead atoms. The Hall–Kier alpha value is -1.82. The first kappa shape index (κ1) is 21.9. The number of likely N-dealkylation sites (N-methyl/N-ethyl adjacent to an activating group) is 1. The summed E-state index contributed by atoms with van der Waals surface area (Å²) >= 11 is 0. The highest BCUT2D eigenvalue weighted by Crippen LogP contribution is 2.24. The van der Waals surface area contributed by atoms with Crippen molar-refractivity contribution in [1.29, 1.82) is 0 Å². The number of likely N-dealkylation sites (tertiary alicyclic amines) is 1. The summed E-state index contributed by atoms with van der Waals surface area (Å²) in [5.41, 5.74) is 3.29. The van der Waals surface area contributed by atoms with Crippen LogP contribution in [-0.2, 0) is 24.2 Å². The number of ether oxygens (including phenoxy) is 1. The summed E-state index contributed by atoms with van der Waals surface area (Å²) in [7, 11) is 3.84. The van der Waals surface area contributed by atoms with Crippen LogP contribution in [0.5, 0.6) is 0 Å². The van der Waals surface area contributed by atoms with E-state index in [4.69, 9.17) is 4.74 Å². The second-order valence-electron chi connectivity index (χ2n) is 8.21. The zero-order chi connectivity index (χ0) is 20.6. The molecule has 5 heteroatoms. The number of hydrogen-bond acceptors (Lipinski definition) is 3. The summed E-state index contributed by atoms with van der Waals surface area (Å²) in [5.74, 6) is -0.294. The molecule has 0 unspecified atom stereocenters. The van der Waals surface area contributed by atoms with E-state index in [-0.39, 0.29) is 0 Å². The van der Waals surface area contributed by atoms with E-state index < -0.39 is 11.6 Å². The smallest absolute Gasteiger partial charge is 0.130 e. The first-order valence-corrected chi connectivity index (χ1v) is 10.4. The Morgan fingerprint density at radius 2 is 1.72 bits per heavy atom. The lowest BCUT2D eigenvalue weighted by atomic mass is 9.89. The Labute approximate surface area is 173 Å². The lowest BCUT2D eigenvalue weighted by molar-refractivity contribution is 0.158. The minimum atomic E-state index is -0.516. The van der Waals surface area contributed by atoms with Crippen molar-refractivity contribution < 1.29 is 13.5 Å². The van der Waals surface area contributed by atoms with Gasteiger partial charge in [0.25, 0.3) is 0 Å². The molecule has 3 nitrogen and oxygen atoms in total. The van der Waals surface area contributed by atoms with Crippen LogP contribution in [0.1, 0.15) is 29.5 Å². The van der Waals surface area contributed by atoms with Gasteiger partial charge in [0.05, 0.1) is 6.61 Å². The highest BCUT2D eigenvalue weighted by Gasteiger charge is 2.20. The summed E-state index contributed by atoms with van der Waals surface area (Å²) < 4.78 is 32.1. The number of methoxy groups -OCH3 is 1. The van der Waals surface area contributed by atoms with Gasteiger partial charge in [-0.1, -0.05) is 30.3 Å². The van der Waals surface area contributed by atoms with Crippen molar-refractivity contribution in [3.63, 3.8) is 0 Å². The predicted octanol–water partition coefficient (Wildman–Crippen LogP) is 4.50. The molecule has 29 heavy (non-hydrogen) atoms. The van der Waals surface area contributed by atoms with Crippen LogP contribution in [0, 0.1) is 17.6 Å². The number of benzene rings is 2. The maximum atomic E-state index is 13.9. The molecule has 1 aliphatic rings. The van der Waals surface area contributed by atoms with E-state index in [0.717, 1.165) is 58.1 Å². The lowest BCUT2D eigenvalue weighted by Crippen LogP contribution is -2.34. The van der Waals surface area contributed by atoms with E-state index in [2.05, 4.69) is 41.1 Å². The fourth-order valence-electron chi connectivity index (χ4n) is 3.99. The molecule has 2 aromatic carbocycles. The van der Waals surface area contributed by atoms with Crippen LogP contribution in [-0.4, -0.2) is 50.2 Å². The SMILES string of the molecule is COCCN(C)Cc1ccc(CC2CCN(Cc3ccc(F)cc3F)CC2)cc1. The van der Waals surface area contributed by atoms with Crippen LogP contribution < -0.4 is 0 Å². The fourth-order valence-corrected chi connectivity index (χ4v) is 3.99. The molecule has 0 aliphatic carbocycles. The second kappa shape index (κ2) is 10.8. The molecule has 0 aromatic heterocycles. The second-order valence-corrected chi connectivity index (χ2v) is 8.21. The van der Waals surface area contributed by atoms with Crippen molar-refractivity contribution in [2.24, 2.45) is 5.92 Å². The molecule has 0 atom stereocenters. The van der Waals surface area contributed by atoms with Crippen molar-refractivity contribution in [1.82, 2.24) is 9.80 Å². The van der Waals surface area contributed by atoms with E-state index in [1.807, 2.05) is 0 Å². The van der Waals surface area contributed by atoms with Gasteiger partial charge in [-0.15, -0.1) is 0 Å². The molecular formula is C24H32F2N2O. The van der Waals surface area contributed by atoms with Crippen molar-refractivity contribution in [3.8, 4) is 0 Å². The molecule has 0 saturated carbocycles. The molecule has 0 spiro atoms. The van der Waals surface area contributed by atoms with Gasteiger partial charge in [-0.3, -0.25) is 9.80 Å². The van der Waals surface area contributed by atoms with Crippen LogP contribution in [0.25, 0.3) is 0 Å². The maximum absolute atomic E-state index is 13.9. The van der Waals surface area contributed by atoms with Gasteiger partial charge in [0.1, 0.15) is 11.6 Å². The summed E-state index contributed by atoms with van der Waals surface area (Å²) in [6, 6.07) is 12.8. The molecule has 0 amide bonds. The van der Waals surface area contributed by atoms with Crippen molar-refractivity contribution in [2.75, 3.05) is 40.4 Å². The van der Waals surface area contributed by atoms with E-state index in [1.54, 1.807) is 13.2 Å². The molecule has 1 fully saturated rings. The van der Waals surface area contributed by atoms with Crippen LogP contribution in [0.3, 0.4) is 0 Å². The molecular weight excluding hydrogens is 370 g/mol. The van der Waals surface area contributed by atoms with Crippen molar-refractivity contribution in [2.45, 2.75) is 32.4 Å².